The van der Waals surface area contributed by atoms with Crippen LogP contribution >= 0.6 is 11.3 Å². The van der Waals surface area contributed by atoms with Crippen LogP contribution in [0, 0.1) is 0 Å². The van der Waals surface area contributed by atoms with Gasteiger partial charge in [0.2, 0.25) is 11.8 Å². The lowest BCUT2D eigenvalue weighted by atomic mass is 10.0. The van der Waals surface area contributed by atoms with E-state index in [1.54, 1.807) is 11.3 Å². The second kappa shape index (κ2) is 9.73. The Morgan fingerprint density at radius 3 is 2.57 bits per heavy atom. The van der Waals surface area contributed by atoms with E-state index < -0.39 is 0 Å². The molecule has 1 aromatic heterocycles. The van der Waals surface area contributed by atoms with E-state index in [0.29, 0.717) is 6.54 Å². The number of carbonyl (C=O) groups is 2. The molecule has 7 heteroatoms. The summed E-state index contributed by atoms with van der Waals surface area (Å²) in [5.41, 5.74) is 2.28. The van der Waals surface area contributed by atoms with Crippen LogP contribution in [-0.4, -0.2) is 78.9 Å². The predicted molar refractivity (Wildman–Crippen MR) is 121 cm³/mol. The molecule has 1 unspecified atom stereocenters. The molecule has 0 saturated carbocycles. The van der Waals surface area contributed by atoms with Crippen LogP contribution in [0.2, 0.25) is 0 Å². The van der Waals surface area contributed by atoms with Gasteiger partial charge in [-0.3, -0.25) is 19.4 Å². The molecule has 30 heavy (non-hydrogen) atoms. The molecular weight excluding hydrogens is 396 g/mol. The molecule has 6 nitrogen and oxygen atoms in total. The minimum absolute atomic E-state index is 0.100. The van der Waals surface area contributed by atoms with Crippen molar-refractivity contribution in [2.45, 2.75) is 25.4 Å². The van der Waals surface area contributed by atoms with Crippen molar-refractivity contribution in [1.82, 2.24) is 14.7 Å². The van der Waals surface area contributed by atoms with E-state index in [1.807, 2.05) is 52.1 Å². The molecule has 2 aliphatic heterocycles. The molecule has 0 bridgehead atoms. The van der Waals surface area contributed by atoms with Crippen molar-refractivity contribution in [1.29, 1.82) is 0 Å². The number of hydrogen-bond donors (Lipinski definition) is 0. The molecule has 1 atom stereocenters. The zero-order chi connectivity index (χ0) is 20.9. The Balaban J connectivity index is 1.28. The first-order chi connectivity index (χ1) is 14.6. The van der Waals surface area contributed by atoms with Gasteiger partial charge in [-0.2, -0.15) is 11.3 Å². The van der Waals surface area contributed by atoms with Gasteiger partial charge in [0, 0.05) is 45.0 Å². The third kappa shape index (κ3) is 4.91. The van der Waals surface area contributed by atoms with Crippen LogP contribution in [0.1, 0.15) is 18.4 Å². The van der Waals surface area contributed by atoms with Gasteiger partial charge in [0.25, 0.3) is 0 Å². The first-order valence-corrected chi connectivity index (χ1v) is 11.6. The van der Waals surface area contributed by atoms with Crippen molar-refractivity contribution in [2.75, 3.05) is 51.2 Å². The first-order valence-electron chi connectivity index (χ1n) is 10.7. The summed E-state index contributed by atoms with van der Waals surface area (Å²) >= 11 is 1.73. The summed E-state index contributed by atoms with van der Waals surface area (Å²) < 4.78 is 0. The van der Waals surface area contributed by atoms with Gasteiger partial charge in [0.15, 0.2) is 0 Å². The molecule has 1 aromatic carbocycles. The summed E-state index contributed by atoms with van der Waals surface area (Å²) in [6, 6.07) is 11.7. The molecule has 2 amide bonds. The molecule has 2 aliphatic rings. The number of piperazine rings is 1. The fourth-order valence-corrected chi connectivity index (χ4v) is 5.01. The van der Waals surface area contributed by atoms with Crippen LogP contribution in [-0.2, 0) is 16.1 Å². The van der Waals surface area contributed by atoms with Crippen molar-refractivity contribution in [3.05, 3.63) is 52.7 Å². The number of piperidine rings is 1. The smallest absolute Gasteiger partial charge is 0.244 e. The SMILES string of the molecule is CN(CC(=O)N1CCN(Cc2ccsc2)CC1)C1CCCN(c2ccccc2)C1=O. The van der Waals surface area contributed by atoms with Gasteiger partial charge in [-0.15, -0.1) is 0 Å². The molecule has 0 aliphatic carbocycles. The number of anilines is 1. The van der Waals surface area contributed by atoms with Crippen LogP contribution in [0.5, 0.6) is 0 Å². The summed E-state index contributed by atoms with van der Waals surface area (Å²) in [5.74, 6) is 0.223. The van der Waals surface area contributed by atoms with Gasteiger partial charge in [-0.05, 0) is 54.4 Å². The molecule has 3 heterocycles. The third-order valence-electron chi connectivity index (χ3n) is 6.11. The number of hydrogen-bond acceptors (Lipinski definition) is 5. The average Bonchev–Trinajstić information content (AvgIpc) is 3.28. The van der Waals surface area contributed by atoms with Crippen LogP contribution < -0.4 is 4.90 Å². The lowest BCUT2D eigenvalue weighted by molar-refractivity contribution is -0.135. The van der Waals surface area contributed by atoms with Gasteiger partial charge in [0.05, 0.1) is 12.6 Å². The van der Waals surface area contributed by atoms with Gasteiger partial charge in [0.1, 0.15) is 0 Å². The number of rotatable bonds is 6. The van der Waals surface area contributed by atoms with Crippen molar-refractivity contribution in [2.24, 2.45) is 0 Å². The summed E-state index contributed by atoms with van der Waals surface area (Å²) in [4.78, 5) is 34.1. The molecule has 4 rings (SSSR count). The minimum atomic E-state index is -0.234. The number of carbonyl (C=O) groups excluding carboxylic acids is 2. The van der Waals surface area contributed by atoms with E-state index in [0.717, 1.165) is 57.8 Å². The fraction of sp³-hybridized carbons (Fsp3) is 0.478. The Kier molecular flexibility index (Phi) is 6.82. The van der Waals surface area contributed by atoms with Crippen LogP contribution in [0.15, 0.2) is 47.2 Å². The summed E-state index contributed by atoms with van der Waals surface area (Å²) in [5, 5.41) is 4.29. The highest BCUT2D eigenvalue weighted by Gasteiger charge is 2.34. The van der Waals surface area contributed by atoms with Crippen molar-refractivity contribution in [3.63, 3.8) is 0 Å². The topological polar surface area (TPSA) is 47.1 Å². The minimum Gasteiger partial charge on any atom is -0.339 e. The van der Waals surface area contributed by atoms with E-state index >= 15 is 0 Å². The van der Waals surface area contributed by atoms with Gasteiger partial charge >= 0.3 is 0 Å². The standard InChI is InChI=1S/C23H30N4O2S/c1-24(21-8-5-10-27(23(21)29)20-6-3-2-4-7-20)17-22(28)26-13-11-25(12-14-26)16-19-9-15-30-18-19/h2-4,6-7,9,15,18,21H,5,8,10-14,16-17H2,1H3. The summed E-state index contributed by atoms with van der Waals surface area (Å²) in [6.45, 7) is 5.30. The second-order valence-electron chi connectivity index (χ2n) is 8.19. The third-order valence-corrected chi connectivity index (χ3v) is 6.84. The van der Waals surface area contributed by atoms with Crippen molar-refractivity contribution < 1.29 is 9.59 Å². The van der Waals surface area contributed by atoms with Crippen molar-refractivity contribution in [3.8, 4) is 0 Å². The molecular formula is C23H30N4O2S. The lowest BCUT2D eigenvalue weighted by Crippen LogP contribution is -2.55. The molecule has 2 fully saturated rings. The van der Waals surface area contributed by atoms with E-state index in [1.165, 1.54) is 5.56 Å². The van der Waals surface area contributed by atoms with E-state index in [2.05, 4.69) is 21.7 Å². The molecule has 2 saturated heterocycles. The maximum Gasteiger partial charge on any atom is 0.244 e. The predicted octanol–water partition coefficient (Wildman–Crippen LogP) is 2.52. The molecule has 2 aromatic rings. The number of benzene rings is 1. The van der Waals surface area contributed by atoms with Crippen LogP contribution in [0.25, 0.3) is 0 Å². The summed E-state index contributed by atoms with van der Waals surface area (Å²) in [7, 11) is 1.90. The maximum absolute atomic E-state index is 13.1. The highest BCUT2D eigenvalue weighted by atomic mass is 32.1. The van der Waals surface area contributed by atoms with Crippen LogP contribution in [0.4, 0.5) is 5.69 Å². The Morgan fingerprint density at radius 1 is 1.10 bits per heavy atom. The van der Waals surface area contributed by atoms with E-state index in [-0.39, 0.29) is 17.9 Å². The Morgan fingerprint density at radius 2 is 1.87 bits per heavy atom. The lowest BCUT2D eigenvalue weighted by Gasteiger charge is -2.38. The number of nitrogens with zero attached hydrogens (tertiary/aromatic N) is 4. The Labute approximate surface area is 182 Å². The van der Waals surface area contributed by atoms with Gasteiger partial charge in [-0.25, -0.2) is 0 Å². The van der Waals surface area contributed by atoms with Gasteiger partial charge in [-0.1, -0.05) is 18.2 Å². The molecule has 160 valence electrons. The number of likely N-dealkylation sites (N-methyl/N-ethyl adjacent to an activating group) is 1. The first kappa shape index (κ1) is 21.0. The molecule has 0 spiro atoms. The second-order valence-corrected chi connectivity index (χ2v) is 8.97. The van der Waals surface area contributed by atoms with E-state index in [4.69, 9.17) is 0 Å². The summed E-state index contributed by atoms with van der Waals surface area (Å²) in [6.07, 6.45) is 1.76. The fourth-order valence-electron chi connectivity index (χ4n) is 4.35. The van der Waals surface area contributed by atoms with Crippen molar-refractivity contribution >= 4 is 28.8 Å². The monoisotopic (exact) mass is 426 g/mol. The average molecular weight is 427 g/mol. The number of amides is 2. The zero-order valence-corrected chi connectivity index (χ0v) is 18.4. The Bertz CT molecular complexity index is 834. The largest absolute Gasteiger partial charge is 0.339 e. The number of thiophene rings is 1. The van der Waals surface area contributed by atoms with Gasteiger partial charge < -0.3 is 9.80 Å². The molecule has 0 N–H and O–H groups in total. The van der Waals surface area contributed by atoms with Crippen LogP contribution in [0.3, 0.4) is 0 Å². The maximum atomic E-state index is 13.1. The van der Waals surface area contributed by atoms with E-state index in [9.17, 15) is 9.59 Å². The highest BCUT2D eigenvalue weighted by molar-refractivity contribution is 7.07. The highest BCUT2D eigenvalue weighted by Crippen LogP contribution is 2.23. The number of para-hydroxylation sites is 1. The quantitative estimate of drug-likeness (QED) is 0.712. The normalized spacial score (nSPS) is 20.7. The molecule has 0 radical (unpaired) electrons. The Hall–Kier alpha value is -2.22. The zero-order valence-electron chi connectivity index (χ0n) is 17.6.